The van der Waals surface area contributed by atoms with E-state index in [1.165, 1.54) is 44.9 Å². The topological polar surface area (TPSA) is 55.2 Å². The van der Waals surface area contributed by atoms with Crippen LogP contribution in [0, 0.1) is 16.0 Å². The Morgan fingerprint density at radius 1 is 1.24 bits per heavy atom. The van der Waals surface area contributed by atoms with Crippen LogP contribution in [0.2, 0.25) is 0 Å². The number of hydrogen-bond donors (Lipinski definition) is 1. The first kappa shape index (κ1) is 16.0. The van der Waals surface area contributed by atoms with E-state index in [1.807, 2.05) is 12.1 Å². The van der Waals surface area contributed by atoms with Crippen molar-refractivity contribution in [3.63, 3.8) is 0 Å². The first-order valence-electron chi connectivity index (χ1n) is 8.16. The van der Waals surface area contributed by atoms with E-state index in [1.54, 1.807) is 12.1 Å². The van der Waals surface area contributed by atoms with Crippen molar-refractivity contribution in [3.8, 4) is 0 Å². The lowest BCUT2D eigenvalue weighted by Crippen LogP contribution is -2.28. The molecule has 0 aliphatic heterocycles. The van der Waals surface area contributed by atoms with Gasteiger partial charge in [-0.25, -0.2) is 0 Å². The van der Waals surface area contributed by atoms with Crippen LogP contribution in [0.5, 0.6) is 0 Å². The molecule has 2 atom stereocenters. The highest BCUT2D eigenvalue weighted by molar-refractivity contribution is 5.39. The minimum Gasteiger partial charge on any atom is -0.310 e. The molecule has 1 N–H and O–H groups in total. The molecular weight excluding hydrogens is 264 g/mol. The molecule has 0 bridgehead atoms. The molecule has 1 fully saturated rings. The molecule has 1 aliphatic rings. The second-order valence-electron chi connectivity index (χ2n) is 6.13. The van der Waals surface area contributed by atoms with Crippen molar-refractivity contribution in [2.45, 2.75) is 64.5 Å². The third-order valence-corrected chi connectivity index (χ3v) is 4.55. The lowest BCUT2D eigenvalue weighted by molar-refractivity contribution is -0.385. The molecule has 0 heterocycles. The van der Waals surface area contributed by atoms with E-state index in [2.05, 4.69) is 12.2 Å². The van der Waals surface area contributed by atoms with E-state index in [0.717, 1.165) is 11.5 Å². The Kier molecular flexibility index (Phi) is 6.18. The lowest BCUT2D eigenvalue weighted by atomic mass is 9.95. The molecule has 2 unspecified atom stereocenters. The van der Waals surface area contributed by atoms with Crippen LogP contribution in [0.4, 0.5) is 5.69 Å². The Morgan fingerprint density at radius 3 is 2.81 bits per heavy atom. The molecule has 2 rings (SSSR count). The monoisotopic (exact) mass is 290 g/mol. The Bertz CT molecular complexity index is 462. The summed E-state index contributed by atoms with van der Waals surface area (Å²) in [6, 6.07) is 7.53. The van der Waals surface area contributed by atoms with Gasteiger partial charge in [0.05, 0.1) is 4.92 Å². The quantitative estimate of drug-likeness (QED) is 0.479. The molecular formula is C17H26N2O2. The van der Waals surface area contributed by atoms with Crippen molar-refractivity contribution >= 4 is 5.69 Å². The largest absolute Gasteiger partial charge is 0.310 e. The van der Waals surface area contributed by atoms with Crippen LogP contribution < -0.4 is 5.32 Å². The van der Waals surface area contributed by atoms with E-state index in [0.29, 0.717) is 12.6 Å². The van der Waals surface area contributed by atoms with Gasteiger partial charge in [0.1, 0.15) is 0 Å². The third kappa shape index (κ3) is 4.81. The van der Waals surface area contributed by atoms with Crippen molar-refractivity contribution in [1.82, 2.24) is 5.32 Å². The molecule has 1 aromatic rings. The van der Waals surface area contributed by atoms with E-state index in [-0.39, 0.29) is 10.6 Å². The average Bonchev–Trinajstić information content (AvgIpc) is 2.71. The molecule has 1 aliphatic carbocycles. The summed E-state index contributed by atoms with van der Waals surface area (Å²) in [7, 11) is 0. The highest BCUT2D eigenvalue weighted by Gasteiger charge is 2.19. The van der Waals surface area contributed by atoms with Gasteiger partial charge in [-0.1, -0.05) is 50.8 Å². The number of nitro groups is 1. The summed E-state index contributed by atoms with van der Waals surface area (Å²) in [4.78, 5) is 10.7. The third-order valence-electron chi connectivity index (χ3n) is 4.55. The normalized spacial score (nSPS) is 22.7. The Hall–Kier alpha value is -1.42. The van der Waals surface area contributed by atoms with Gasteiger partial charge in [0.25, 0.3) is 5.69 Å². The molecule has 0 aromatic heterocycles. The van der Waals surface area contributed by atoms with Crippen LogP contribution in [-0.4, -0.2) is 11.0 Å². The van der Waals surface area contributed by atoms with Crippen molar-refractivity contribution < 1.29 is 4.92 Å². The van der Waals surface area contributed by atoms with E-state index < -0.39 is 0 Å². The highest BCUT2D eigenvalue weighted by Crippen LogP contribution is 2.27. The van der Waals surface area contributed by atoms with Gasteiger partial charge in [-0.15, -0.1) is 0 Å². The van der Waals surface area contributed by atoms with Crippen molar-refractivity contribution in [2.75, 3.05) is 0 Å². The first-order chi connectivity index (χ1) is 10.2. The minimum absolute atomic E-state index is 0.225. The Balaban J connectivity index is 1.87. The van der Waals surface area contributed by atoms with Gasteiger partial charge in [-0.2, -0.15) is 0 Å². The van der Waals surface area contributed by atoms with Gasteiger partial charge in [-0.3, -0.25) is 10.1 Å². The molecule has 116 valence electrons. The van der Waals surface area contributed by atoms with Crippen LogP contribution in [0.25, 0.3) is 0 Å². The molecule has 4 nitrogen and oxygen atoms in total. The van der Waals surface area contributed by atoms with Crippen molar-refractivity contribution in [1.29, 1.82) is 0 Å². The van der Waals surface area contributed by atoms with Gasteiger partial charge in [0.15, 0.2) is 0 Å². The average molecular weight is 290 g/mol. The van der Waals surface area contributed by atoms with Gasteiger partial charge in [0, 0.05) is 24.2 Å². The van der Waals surface area contributed by atoms with E-state index in [9.17, 15) is 10.1 Å². The zero-order chi connectivity index (χ0) is 15.1. The van der Waals surface area contributed by atoms with Crippen LogP contribution in [0.3, 0.4) is 0 Å². The molecule has 0 amide bonds. The number of hydrogen-bond acceptors (Lipinski definition) is 3. The molecule has 0 radical (unpaired) electrons. The van der Waals surface area contributed by atoms with Gasteiger partial charge < -0.3 is 5.32 Å². The van der Waals surface area contributed by atoms with Crippen molar-refractivity contribution in [2.24, 2.45) is 5.92 Å². The SMILES string of the molecule is CCCC1CCCC(NCc2ccccc2[N+](=O)[O-])CC1. The second kappa shape index (κ2) is 8.13. The molecule has 1 aromatic carbocycles. The highest BCUT2D eigenvalue weighted by atomic mass is 16.6. The predicted octanol–water partition coefficient (Wildman–Crippen LogP) is 4.43. The summed E-state index contributed by atoms with van der Waals surface area (Å²) < 4.78 is 0. The Morgan fingerprint density at radius 2 is 2.05 bits per heavy atom. The van der Waals surface area contributed by atoms with Crippen LogP contribution >= 0.6 is 0 Å². The van der Waals surface area contributed by atoms with E-state index in [4.69, 9.17) is 0 Å². The number of para-hydroxylation sites is 1. The number of benzene rings is 1. The smallest absolute Gasteiger partial charge is 0.273 e. The fourth-order valence-electron chi connectivity index (χ4n) is 3.37. The number of rotatable bonds is 6. The first-order valence-corrected chi connectivity index (χ1v) is 8.16. The van der Waals surface area contributed by atoms with Gasteiger partial charge in [-0.05, 0) is 25.2 Å². The zero-order valence-corrected chi connectivity index (χ0v) is 12.9. The minimum atomic E-state index is -0.290. The molecule has 4 heteroatoms. The summed E-state index contributed by atoms with van der Waals surface area (Å²) in [5.41, 5.74) is 1.01. The molecule has 21 heavy (non-hydrogen) atoms. The number of nitro benzene ring substituents is 1. The summed E-state index contributed by atoms with van der Waals surface area (Å²) in [5.74, 6) is 0.882. The van der Waals surface area contributed by atoms with Crippen LogP contribution in [0.15, 0.2) is 24.3 Å². The second-order valence-corrected chi connectivity index (χ2v) is 6.13. The van der Waals surface area contributed by atoms with Crippen LogP contribution in [0.1, 0.15) is 57.4 Å². The maximum absolute atomic E-state index is 11.0. The Labute approximate surface area is 127 Å². The maximum atomic E-state index is 11.0. The van der Waals surface area contributed by atoms with E-state index >= 15 is 0 Å². The fourth-order valence-corrected chi connectivity index (χ4v) is 3.37. The lowest BCUT2D eigenvalue weighted by Gasteiger charge is -2.17. The summed E-state index contributed by atoms with van der Waals surface area (Å²) >= 11 is 0. The number of nitrogens with zero attached hydrogens (tertiary/aromatic N) is 1. The standard InChI is InChI=1S/C17H26N2O2/c1-2-6-14-7-5-9-16(12-11-14)18-13-15-8-3-4-10-17(15)19(20)21/h3-4,8,10,14,16,18H,2,5-7,9,11-13H2,1H3. The summed E-state index contributed by atoms with van der Waals surface area (Å²) in [6.45, 7) is 2.86. The fraction of sp³-hybridized carbons (Fsp3) is 0.647. The van der Waals surface area contributed by atoms with Gasteiger partial charge in [0.2, 0.25) is 0 Å². The molecule has 0 spiro atoms. The maximum Gasteiger partial charge on any atom is 0.273 e. The predicted molar refractivity (Wildman–Crippen MR) is 85.2 cm³/mol. The van der Waals surface area contributed by atoms with Crippen molar-refractivity contribution in [3.05, 3.63) is 39.9 Å². The molecule has 0 saturated heterocycles. The summed E-state index contributed by atoms with van der Waals surface area (Å²) in [5, 5.41) is 14.6. The zero-order valence-electron chi connectivity index (χ0n) is 12.9. The summed E-state index contributed by atoms with van der Waals surface area (Å²) in [6.07, 6.45) is 8.93. The molecule has 1 saturated carbocycles. The van der Waals surface area contributed by atoms with Crippen LogP contribution in [-0.2, 0) is 6.54 Å². The number of nitrogens with one attached hydrogen (secondary N) is 1. The van der Waals surface area contributed by atoms with Gasteiger partial charge >= 0.3 is 0 Å².